The Morgan fingerprint density at radius 3 is 2.35 bits per heavy atom. The molecule has 0 aliphatic heterocycles. The van der Waals surface area contributed by atoms with Crippen LogP contribution >= 0.6 is 0 Å². The van der Waals surface area contributed by atoms with Gasteiger partial charge in [-0.25, -0.2) is 9.59 Å². The highest BCUT2D eigenvalue weighted by molar-refractivity contribution is 5.94. The number of hydrogen-bond donors (Lipinski definition) is 1. The maximum atomic E-state index is 12.4. The van der Waals surface area contributed by atoms with Crippen LogP contribution in [0.25, 0.3) is 0 Å². The average Bonchev–Trinajstić information content (AvgIpc) is 2.84. The lowest BCUT2D eigenvalue weighted by molar-refractivity contribution is -0.757. The van der Waals surface area contributed by atoms with Crippen LogP contribution in [0.5, 0.6) is 17.2 Å². The van der Waals surface area contributed by atoms with Crippen molar-refractivity contribution in [1.29, 1.82) is 0 Å². The Hall–Kier alpha value is -4.72. The summed E-state index contributed by atoms with van der Waals surface area (Å²) in [6, 6.07) is 9.67. The van der Waals surface area contributed by atoms with E-state index in [1.54, 1.807) is 6.07 Å². The largest absolute Gasteiger partial charge is 0.490 e. The van der Waals surface area contributed by atoms with Crippen molar-refractivity contribution in [2.24, 2.45) is 5.73 Å². The summed E-state index contributed by atoms with van der Waals surface area (Å²) in [6.45, 7) is 0.226. The van der Waals surface area contributed by atoms with Gasteiger partial charge in [-0.2, -0.15) is 0 Å². The third kappa shape index (κ3) is 9.81. The minimum Gasteiger partial charge on any atom is -0.490 e. The summed E-state index contributed by atoms with van der Waals surface area (Å²) in [5, 5.41) is 9.26. The van der Waals surface area contributed by atoms with E-state index in [4.69, 9.17) is 29.4 Å². The molecule has 2 aromatic carbocycles. The van der Waals surface area contributed by atoms with Crippen molar-refractivity contribution in [1.82, 2.24) is 0 Å². The van der Waals surface area contributed by atoms with E-state index < -0.39 is 35.8 Å². The first-order valence-electron chi connectivity index (χ1n) is 10.8. The summed E-state index contributed by atoms with van der Waals surface area (Å²) in [6.07, 6.45) is 0.0580. The van der Waals surface area contributed by atoms with Gasteiger partial charge in [0.15, 0.2) is 11.5 Å². The Bertz CT molecular complexity index is 1130. The lowest BCUT2D eigenvalue weighted by atomic mass is 10.2. The Morgan fingerprint density at radius 2 is 1.65 bits per heavy atom. The number of ether oxygens (including phenoxy) is 5. The molecule has 0 saturated heterocycles. The van der Waals surface area contributed by atoms with Crippen molar-refractivity contribution in [2.45, 2.75) is 19.8 Å². The fraction of sp³-hybridized carbons (Fsp3) is 0.304. The zero-order valence-electron chi connectivity index (χ0n) is 19.7. The molecule has 198 valence electrons. The number of carbonyl (C=O) groups is 4. The van der Waals surface area contributed by atoms with Crippen molar-refractivity contribution >= 4 is 23.9 Å². The number of esters is 4. The standard InChI is InChI=1S/C23H24N2O12/c1-15(26)36-18-6-3-2-5-17(18)23(29)34-14-33-22(28)16-7-8-19(32-11-4-12-35-25(30)31)20(13-16)37-21(27)9-10-24/h2-3,5-8,13H,4,9-12,14,24H2,1H3. The van der Waals surface area contributed by atoms with Gasteiger partial charge in [0, 0.05) is 19.9 Å². The van der Waals surface area contributed by atoms with Crippen molar-refractivity contribution in [3.63, 3.8) is 0 Å². The first kappa shape index (κ1) is 28.5. The van der Waals surface area contributed by atoms with Gasteiger partial charge in [0.2, 0.25) is 6.79 Å². The van der Waals surface area contributed by atoms with Crippen LogP contribution in [0.4, 0.5) is 0 Å². The Labute approximate surface area is 210 Å². The van der Waals surface area contributed by atoms with Crippen LogP contribution in [0, 0.1) is 10.1 Å². The SMILES string of the molecule is CC(=O)Oc1ccccc1C(=O)OCOC(=O)c1ccc(OCCCO[N+](=O)[O-])c(OC(=O)CCN)c1. The molecule has 14 nitrogen and oxygen atoms in total. The molecule has 0 unspecified atom stereocenters. The summed E-state index contributed by atoms with van der Waals surface area (Å²) >= 11 is 0. The maximum Gasteiger partial charge on any atom is 0.344 e. The number of carbonyl (C=O) groups excluding carboxylic acids is 4. The van der Waals surface area contributed by atoms with E-state index in [9.17, 15) is 29.3 Å². The van der Waals surface area contributed by atoms with Gasteiger partial charge < -0.3 is 34.3 Å². The number of benzene rings is 2. The second kappa shape index (κ2) is 14.6. The molecule has 2 aromatic rings. The summed E-state index contributed by atoms with van der Waals surface area (Å²) in [5.41, 5.74) is 5.24. The molecule has 0 fully saturated rings. The minimum atomic E-state index is -0.934. The van der Waals surface area contributed by atoms with Crippen LogP contribution in [0.1, 0.15) is 40.5 Å². The molecule has 0 heterocycles. The number of para-hydroxylation sites is 1. The minimum absolute atomic E-state index is 0.0101. The maximum absolute atomic E-state index is 12.4. The Balaban J connectivity index is 2.02. The monoisotopic (exact) mass is 520 g/mol. The van der Waals surface area contributed by atoms with Crippen LogP contribution in [-0.2, 0) is 23.9 Å². The van der Waals surface area contributed by atoms with Crippen molar-refractivity contribution < 1.29 is 52.8 Å². The third-order valence-electron chi connectivity index (χ3n) is 4.24. The van der Waals surface area contributed by atoms with Gasteiger partial charge in [-0.1, -0.05) is 12.1 Å². The Kier molecular flexibility index (Phi) is 11.3. The number of rotatable bonds is 14. The third-order valence-corrected chi connectivity index (χ3v) is 4.24. The zero-order valence-corrected chi connectivity index (χ0v) is 19.7. The molecule has 37 heavy (non-hydrogen) atoms. The normalized spacial score (nSPS) is 10.1. The summed E-state index contributed by atoms with van der Waals surface area (Å²) in [5.74, 6) is -3.18. The van der Waals surface area contributed by atoms with E-state index in [2.05, 4.69) is 4.84 Å². The molecule has 0 amide bonds. The predicted octanol–water partition coefficient (Wildman–Crippen LogP) is 1.81. The van der Waals surface area contributed by atoms with Crippen molar-refractivity contribution in [3.8, 4) is 17.2 Å². The van der Waals surface area contributed by atoms with Gasteiger partial charge in [0.1, 0.15) is 11.3 Å². The fourth-order valence-corrected chi connectivity index (χ4v) is 2.68. The van der Waals surface area contributed by atoms with Gasteiger partial charge in [-0.15, -0.1) is 10.1 Å². The summed E-state index contributed by atoms with van der Waals surface area (Å²) in [7, 11) is 0. The van der Waals surface area contributed by atoms with Crippen LogP contribution in [0.2, 0.25) is 0 Å². The van der Waals surface area contributed by atoms with Crippen LogP contribution in [0.15, 0.2) is 42.5 Å². The molecule has 0 aromatic heterocycles. The number of nitrogens with two attached hydrogens (primary N) is 1. The second-order valence-electron chi connectivity index (χ2n) is 7.00. The van der Waals surface area contributed by atoms with E-state index in [1.165, 1.54) is 43.3 Å². The van der Waals surface area contributed by atoms with Crippen LogP contribution < -0.4 is 19.9 Å². The van der Waals surface area contributed by atoms with E-state index in [1.807, 2.05) is 0 Å². The Morgan fingerprint density at radius 1 is 0.919 bits per heavy atom. The van der Waals surface area contributed by atoms with Crippen LogP contribution in [-0.4, -0.2) is 55.5 Å². The quantitative estimate of drug-likeness (QED) is 0.0947. The molecular weight excluding hydrogens is 496 g/mol. The number of nitrogens with zero attached hydrogens (tertiary/aromatic N) is 1. The van der Waals surface area contributed by atoms with E-state index in [-0.39, 0.29) is 61.0 Å². The number of hydrogen-bond acceptors (Lipinski definition) is 13. The summed E-state index contributed by atoms with van der Waals surface area (Å²) < 4.78 is 25.5. The molecule has 0 aliphatic carbocycles. The van der Waals surface area contributed by atoms with Gasteiger partial charge in [0.25, 0.3) is 5.09 Å². The highest BCUT2D eigenvalue weighted by Crippen LogP contribution is 2.29. The van der Waals surface area contributed by atoms with E-state index in [0.717, 1.165) is 0 Å². The van der Waals surface area contributed by atoms with E-state index >= 15 is 0 Å². The first-order valence-corrected chi connectivity index (χ1v) is 10.8. The first-order chi connectivity index (χ1) is 17.7. The van der Waals surface area contributed by atoms with Crippen LogP contribution in [0.3, 0.4) is 0 Å². The van der Waals surface area contributed by atoms with Gasteiger partial charge >= 0.3 is 23.9 Å². The smallest absolute Gasteiger partial charge is 0.344 e. The molecule has 0 atom stereocenters. The molecular formula is C23H24N2O12. The fourth-order valence-electron chi connectivity index (χ4n) is 2.68. The highest BCUT2D eigenvalue weighted by Gasteiger charge is 2.18. The molecule has 2 N–H and O–H groups in total. The molecule has 0 bridgehead atoms. The van der Waals surface area contributed by atoms with Crippen molar-refractivity contribution in [3.05, 3.63) is 63.7 Å². The van der Waals surface area contributed by atoms with Gasteiger partial charge in [-0.3, -0.25) is 9.59 Å². The molecule has 2 rings (SSSR count). The molecule has 0 aliphatic rings. The molecule has 14 heteroatoms. The van der Waals surface area contributed by atoms with Gasteiger partial charge in [-0.05, 0) is 30.3 Å². The predicted molar refractivity (Wildman–Crippen MR) is 122 cm³/mol. The molecule has 0 radical (unpaired) electrons. The van der Waals surface area contributed by atoms with Crippen molar-refractivity contribution in [2.75, 3.05) is 26.6 Å². The molecule has 0 saturated carbocycles. The zero-order chi connectivity index (χ0) is 27.2. The van der Waals surface area contributed by atoms with Gasteiger partial charge in [0.05, 0.1) is 25.2 Å². The lowest BCUT2D eigenvalue weighted by Gasteiger charge is -2.13. The topological polar surface area (TPSA) is 193 Å². The molecule has 0 spiro atoms. The highest BCUT2D eigenvalue weighted by atomic mass is 16.9. The summed E-state index contributed by atoms with van der Waals surface area (Å²) in [4.78, 5) is 62.2. The average molecular weight is 520 g/mol. The lowest BCUT2D eigenvalue weighted by Crippen LogP contribution is -2.16. The second-order valence-corrected chi connectivity index (χ2v) is 7.00. The van der Waals surface area contributed by atoms with E-state index in [0.29, 0.717) is 0 Å².